The van der Waals surface area contributed by atoms with E-state index in [1.807, 2.05) is 5.38 Å². The van der Waals surface area contributed by atoms with Crippen LogP contribution in [0.25, 0.3) is 0 Å². The molecule has 0 atom stereocenters. The number of hydrogen-bond acceptors (Lipinski definition) is 3. The highest BCUT2D eigenvalue weighted by Gasteiger charge is 2.12. The highest BCUT2D eigenvalue weighted by Crippen LogP contribution is 2.23. The van der Waals surface area contributed by atoms with E-state index in [0.717, 1.165) is 9.48 Å². The van der Waals surface area contributed by atoms with Crippen LogP contribution >= 0.6 is 38.9 Å². The molecule has 1 aromatic carbocycles. The van der Waals surface area contributed by atoms with Crippen LogP contribution in [0.1, 0.15) is 15.4 Å². The van der Waals surface area contributed by atoms with Gasteiger partial charge in [0, 0.05) is 26.6 Å². The predicted molar refractivity (Wildman–Crippen MR) is 69.3 cm³/mol. The normalized spacial score (nSPS) is 10.4. The average Bonchev–Trinajstić information content (AvgIpc) is 2.70. The number of hydrogen-bond donors (Lipinski definition) is 0. The number of ketones is 1. The van der Waals surface area contributed by atoms with Gasteiger partial charge in [0.15, 0.2) is 5.78 Å². The van der Waals surface area contributed by atoms with Crippen LogP contribution in [-0.4, -0.2) is 10.8 Å². The van der Waals surface area contributed by atoms with Gasteiger partial charge in [-0.2, -0.15) is 0 Å². The molecule has 0 N–H and O–H groups in total. The van der Waals surface area contributed by atoms with Crippen LogP contribution in [0.2, 0.25) is 5.02 Å². The molecule has 0 saturated carbocycles. The number of carbonyl (C=O) groups is 1. The Morgan fingerprint density at radius 2 is 2.31 bits per heavy atom. The summed E-state index contributed by atoms with van der Waals surface area (Å²) in [6, 6.07) is 5.15. The first-order valence-corrected chi connectivity index (χ1v) is 6.58. The van der Waals surface area contributed by atoms with Gasteiger partial charge in [-0.25, -0.2) is 4.98 Å². The van der Waals surface area contributed by atoms with E-state index in [4.69, 9.17) is 11.6 Å². The van der Waals surface area contributed by atoms with Crippen molar-refractivity contribution >= 4 is 44.7 Å². The molecule has 0 amide bonds. The summed E-state index contributed by atoms with van der Waals surface area (Å²) >= 11 is 10.6. The Morgan fingerprint density at radius 1 is 1.50 bits per heavy atom. The summed E-state index contributed by atoms with van der Waals surface area (Å²) in [5.74, 6) is 0.0403. The summed E-state index contributed by atoms with van der Waals surface area (Å²) in [7, 11) is 0. The SMILES string of the molecule is O=C(Cc1nccs1)c1ccc(Cl)cc1Br. The van der Waals surface area contributed by atoms with E-state index in [9.17, 15) is 4.79 Å². The van der Waals surface area contributed by atoms with E-state index in [0.29, 0.717) is 17.0 Å². The van der Waals surface area contributed by atoms with Gasteiger partial charge in [0.1, 0.15) is 5.01 Å². The Hall–Kier alpha value is -0.710. The first kappa shape index (κ1) is 11.8. The van der Waals surface area contributed by atoms with Crippen molar-refractivity contribution in [1.29, 1.82) is 0 Å². The highest BCUT2D eigenvalue weighted by molar-refractivity contribution is 9.10. The van der Waals surface area contributed by atoms with Crippen LogP contribution in [0.5, 0.6) is 0 Å². The van der Waals surface area contributed by atoms with Crippen LogP contribution in [-0.2, 0) is 6.42 Å². The third-order valence-electron chi connectivity index (χ3n) is 2.03. The molecule has 0 bridgehead atoms. The van der Waals surface area contributed by atoms with E-state index in [-0.39, 0.29) is 5.78 Å². The number of thiazole rings is 1. The molecule has 0 aliphatic carbocycles. The Bertz CT molecular complexity index is 513. The number of carbonyl (C=O) groups excluding carboxylic acids is 1. The number of halogens is 2. The molecule has 2 rings (SSSR count). The van der Waals surface area contributed by atoms with E-state index < -0.39 is 0 Å². The van der Waals surface area contributed by atoms with Gasteiger partial charge in [-0.1, -0.05) is 11.6 Å². The van der Waals surface area contributed by atoms with Crippen molar-refractivity contribution < 1.29 is 4.79 Å². The lowest BCUT2D eigenvalue weighted by atomic mass is 10.1. The average molecular weight is 317 g/mol. The van der Waals surface area contributed by atoms with Crippen LogP contribution in [0.4, 0.5) is 0 Å². The molecule has 2 aromatic rings. The van der Waals surface area contributed by atoms with Gasteiger partial charge in [-0.05, 0) is 34.1 Å². The monoisotopic (exact) mass is 315 g/mol. The van der Waals surface area contributed by atoms with E-state index in [1.54, 1.807) is 24.4 Å². The van der Waals surface area contributed by atoms with Gasteiger partial charge >= 0.3 is 0 Å². The lowest BCUT2D eigenvalue weighted by Gasteiger charge is -2.02. The summed E-state index contributed by atoms with van der Waals surface area (Å²) in [4.78, 5) is 16.0. The van der Waals surface area contributed by atoms with Crippen LogP contribution < -0.4 is 0 Å². The van der Waals surface area contributed by atoms with Gasteiger partial charge in [0.25, 0.3) is 0 Å². The summed E-state index contributed by atoms with van der Waals surface area (Å²) in [5, 5.41) is 3.30. The molecule has 2 nitrogen and oxygen atoms in total. The summed E-state index contributed by atoms with van der Waals surface area (Å²) in [5.41, 5.74) is 0.639. The molecular weight excluding hydrogens is 310 g/mol. The molecular formula is C11H7BrClNOS. The summed E-state index contributed by atoms with van der Waals surface area (Å²) in [6.07, 6.45) is 2.03. The standard InChI is InChI=1S/C11H7BrClNOS/c12-9-5-7(13)1-2-8(9)10(15)6-11-14-3-4-16-11/h1-5H,6H2. The minimum absolute atomic E-state index is 0.0403. The van der Waals surface area contributed by atoms with Crippen LogP contribution in [0.15, 0.2) is 34.2 Å². The molecule has 0 aliphatic rings. The van der Waals surface area contributed by atoms with Crippen molar-refractivity contribution in [2.75, 3.05) is 0 Å². The Labute approximate surface area is 110 Å². The largest absolute Gasteiger partial charge is 0.294 e. The van der Waals surface area contributed by atoms with Crippen molar-refractivity contribution in [1.82, 2.24) is 4.98 Å². The second-order valence-corrected chi connectivity index (χ2v) is 5.42. The third-order valence-corrected chi connectivity index (χ3v) is 3.70. The maximum Gasteiger partial charge on any atom is 0.170 e. The van der Waals surface area contributed by atoms with Crippen molar-refractivity contribution in [3.8, 4) is 0 Å². The number of benzene rings is 1. The van der Waals surface area contributed by atoms with Gasteiger partial charge in [-0.3, -0.25) is 4.79 Å². The molecule has 0 unspecified atom stereocenters. The quantitative estimate of drug-likeness (QED) is 0.802. The zero-order valence-corrected chi connectivity index (χ0v) is 11.3. The van der Waals surface area contributed by atoms with Gasteiger partial charge < -0.3 is 0 Å². The second kappa shape index (κ2) is 5.08. The third kappa shape index (κ3) is 2.70. The molecule has 16 heavy (non-hydrogen) atoms. The molecule has 0 saturated heterocycles. The number of aromatic nitrogens is 1. The van der Waals surface area contributed by atoms with Crippen LogP contribution in [0, 0.1) is 0 Å². The van der Waals surface area contributed by atoms with E-state index in [1.165, 1.54) is 11.3 Å². The number of rotatable bonds is 3. The summed E-state index contributed by atoms with van der Waals surface area (Å²) < 4.78 is 0.724. The Balaban J connectivity index is 2.21. The zero-order chi connectivity index (χ0) is 11.5. The molecule has 5 heteroatoms. The molecule has 1 aromatic heterocycles. The number of nitrogens with zero attached hydrogens (tertiary/aromatic N) is 1. The first-order chi connectivity index (χ1) is 7.66. The maximum absolute atomic E-state index is 11.9. The fourth-order valence-electron chi connectivity index (χ4n) is 1.29. The maximum atomic E-state index is 11.9. The van der Waals surface area contributed by atoms with Crippen molar-refractivity contribution in [2.45, 2.75) is 6.42 Å². The van der Waals surface area contributed by atoms with Gasteiger partial charge in [0.2, 0.25) is 0 Å². The predicted octanol–water partition coefficient (Wildman–Crippen LogP) is 3.98. The highest BCUT2D eigenvalue weighted by atomic mass is 79.9. The zero-order valence-electron chi connectivity index (χ0n) is 8.11. The topological polar surface area (TPSA) is 30.0 Å². The van der Waals surface area contributed by atoms with E-state index >= 15 is 0 Å². The number of Topliss-reactive ketones (excluding diaryl/α,β-unsaturated/α-hetero) is 1. The fourth-order valence-corrected chi connectivity index (χ4v) is 2.81. The molecule has 0 radical (unpaired) electrons. The minimum atomic E-state index is 0.0403. The second-order valence-electron chi connectivity index (χ2n) is 3.15. The van der Waals surface area contributed by atoms with Crippen LogP contribution in [0.3, 0.4) is 0 Å². The van der Waals surface area contributed by atoms with Crippen molar-refractivity contribution in [2.24, 2.45) is 0 Å². The smallest absolute Gasteiger partial charge is 0.170 e. The Morgan fingerprint density at radius 3 is 2.94 bits per heavy atom. The van der Waals surface area contributed by atoms with Gasteiger partial charge in [-0.15, -0.1) is 11.3 Å². The first-order valence-electron chi connectivity index (χ1n) is 4.53. The molecule has 82 valence electrons. The van der Waals surface area contributed by atoms with Crippen molar-refractivity contribution in [3.63, 3.8) is 0 Å². The summed E-state index contributed by atoms with van der Waals surface area (Å²) in [6.45, 7) is 0. The van der Waals surface area contributed by atoms with Gasteiger partial charge in [0.05, 0.1) is 6.42 Å². The van der Waals surface area contributed by atoms with Crippen molar-refractivity contribution in [3.05, 3.63) is 49.8 Å². The lowest BCUT2D eigenvalue weighted by molar-refractivity contribution is 0.0992. The molecule has 0 fully saturated rings. The molecule has 0 spiro atoms. The lowest BCUT2D eigenvalue weighted by Crippen LogP contribution is -2.04. The fraction of sp³-hybridized carbons (Fsp3) is 0.0909. The van der Waals surface area contributed by atoms with E-state index in [2.05, 4.69) is 20.9 Å². The molecule has 0 aliphatic heterocycles. The minimum Gasteiger partial charge on any atom is -0.294 e. The molecule has 1 heterocycles. The Kier molecular flexibility index (Phi) is 3.74.